The van der Waals surface area contributed by atoms with Gasteiger partial charge in [0.2, 0.25) is 0 Å². The highest BCUT2D eigenvalue weighted by Gasteiger charge is 2.03. The lowest BCUT2D eigenvalue weighted by Gasteiger charge is -2.07. The third kappa shape index (κ3) is 3.62. The molecule has 0 aromatic heterocycles. The fraction of sp³-hybridized carbons (Fsp3) is 0.333. The second kappa shape index (κ2) is 5.76. The molecule has 0 atom stereocenters. The molecule has 0 aliphatic rings. The van der Waals surface area contributed by atoms with Crippen molar-refractivity contribution in [3.63, 3.8) is 0 Å². The first-order valence-electron chi connectivity index (χ1n) is 4.61. The average Bonchev–Trinajstić information content (AvgIpc) is 2.27. The predicted molar refractivity (Wildman–Crippen MR) is 57.3 cm³/mol. The fourth-order valence-electron chi connectivity index (χ4n) is 0.958. The van der Waals surface area contributed by atoms with Gasteiger partial charge >= 0.3 is 0 Å². The standard InChI is InChI=1S/C9H12N4O3/c1-12(6-7-14)11-10-8-2-4-9(5-3-8)13(15)16/h2-5,14H,6-7H2,1H3. The number of non-ortho nitro benzene ring substituents is 1. The first-order chi connectivity index (χ1) is 7.63. The van der Waals surface area contributed by atoms with Gasteiger partial charge in [0.25, 0.3) is 5.69 Å². The van der Waals surface area contributed by atoms with Crippen molar-refractivity contribution in [2.45, 2.75) is 0 Å². The molecule has 0 unspecified atom stereocenters. The van der Waals surface area contributed by atoms with E-state index in [0.717, 1.165) is 0 Å². The van der Waals surface area contributed by atoms with Crippen LogP contribution >= 0.6 is 0 Å². The summed E-state index contributed by atoms with van der Waals surface area (Å²) >= 11 is 0. The molecule has 16 heavy (non-hydrogen) atoms. The highest BCUT2D eigenvalue weighted by Crippen LogP contribution is 2.18. The highest BCUT2D eigenvalue weighted by atomic mass is 16.6. The van der Waals surface area contributed by atoms with Crippen LogP contribution in [0.15, 0.2) is 34.6 Å². The average molecular weight is 224 g/mol. The van der Waals surface area contributed by atoms with Gasteiger partial charge in [0.05, 0.1) is 23.8 Å². The molecule has 0 bridgehead atoms. The van der Waals surface area contributed by atoms with E-state index in [4.69, 9.17) is 5.11 Å². The van der Waals surface area contributed by atoms with E-state index >= 15 is 0 Å². The number of hydrogen-bond acceptors (Lipinski definition) is 5. The topological polar surface area (TPSA) is 91.3 Å². The van der Waals surface area contributed by atoms with Gasteiger partial charge in [-0.15, -0.1) is 5.11 Å². The normalized spacial score (nSPS) is 10.6. The van der Waals surface area contributed by atoms with Gasteiger partial charge in [-0.05, 0) is 12.1 Å². The maximum atomic E-state index is 10.4. The van der Waals surface area contributed by atoms with Crippen molar-refractivity contribution in [1.29, 1.82) is 0 Å². The van der Waals surface area contributed by atoms with Crippen LogP contribution in [0.4, 0.5) is 11.4 Å². The molecule has 86 valence electrons. The first kappa shape index (κ1) is 12.1. The van der Waals surface area contributed by atoms with Crippen LogP contribution < -0.4 is 0 Å². The van der Waals surface area contributed by atoms with Crippen LogP contribution in [0.25, 0.3) is 0 Å². The lowest BCUT2D eigenvalue weighted by Crippen LogP contribution is -2.14. The zero-order valence-corrected chi connectivity index (χ0v) is 8.78. The van der Waals surface area contributed by atoms with Crippen molar-refractivity contribution in [2.24, 2.45) is 10.3 Å². The van der Waals surface area contributed by atoms with Crippen LogP contribution in [0.3, 0.4) is 0 Å². The molecule has 0 aliphatic carbocycles. The Labute approximate surface area is 92.2 Å². The largest absolute Gasteiger partial charge is 0.394 e. The quantitative estimate of drug-likeness (QED) is 0.466. The number of likely N-dealkylation sites (N-methyl/N-ethyl adjacent to an activating group) is 1. The molecule has 1 N–H and O–H groups in total. The molecule has 1 aromatic carbocycles. The Hall–Kier alpha value is -2.02. The highest BCUT2D eigenvalue weighted by molar-refractivity contribution is 5.43. The molecule has 0 aliphatic heterocycles. The Morgan fingerprint density at radius 3 is 2.56 bits per heavy atom. The fourth-order valence-corrected chi connectivity index (χ4v) is 0.958. The van der Waals surface area contributed by atoms with Gasteiger partial charge < -0.3 is 5.11 Å². The summed E-state index contributed by atoms with van der Waals surface area (Å²) in [5.41, 5.74) is 0.540. The maximum absolute atomic E-state index is 10.4. The lowest BCUT2D eigenvalue weighted by atomic mass is 10.3. The molecule has 1 rings (SSSR count). The van der Waals surface area contributed by atoms with Crippen LogP contribution in [0.5, 0.6) is 0 Å². The predicted octanol–water partition coefficient (Wildman–Crippen LogP) is 1.52. The van der Waals surface area contributed by atoms with Crippen molar-refractivity contribution >= 4 is 11.4 Å². The van der Waals surface area contributed by atoms with Gasteiger partial charge in [-0.2, -0.15) is 0 Å². The molecule has 7 heteroatoms. The molecule has 0 saturated heterocycles. The van der Waals surface area contributed by atoms with E-state index in [9.17, 15) is 10.1 Å². The van der Waals surface area contributed by atoms with E-state index in [1.807, 2.05) is 0 Å². The molecular formula is C9H12N4O3. The summed E-state index contributed by atoms with van der Waals surface area (Å²) in [5, 5.41) is 28.1. The van der Waals surface area contributed by atoms with E-state index in [-0.39, 0.29) is 12.3 Å². The minimum atomic E-state index is -0.473. The van der Waals surface area contributed by atoms with Crippen LogP contribution in [-0.2, 0) is 0 Å². The van der Waals surface area contributed by atoms with E-state index in [1.165, 1.54) is 29.3 Å². The van der Waals surface area contributed by atoms with Crippen molar-refractivity contribution in [2.75, 3.05) is 20.2 Å². The van der Waals surface area contributed by atoms with Crippen molar-refractivity contribution in [3.05, 3.63) is 34.4 Å². The van der Waals surface area contributed by atoms with Gasteiger partial charge in [-0.3, -0.25) is 15.1 Å². The third-order valence-corrected chi connectivity index (χ3v) is 1.80. The number of nitro groups is 1. The van der Waals surface area contributed by atoms with Crippen molar-refractivity contribution in [1.82, 2.24) is 5.01 Å². The van der Waals surface area contributed by atoms with Crippen LogP contribution in [0.1, 0.15) is 0 Å². The molecule has 0 fully saturated rings. The number of rotatable bonds is 5. The Morgan fingerprint density at radius 1 is 1.44 bits per heavy atom. The van der Waals surface area contributed by atoms with E-state index < -0.39 is 4.92 Å². The Bertz CT molecular complexity index is 377. The maximum Gasteiger partial charge on any atom is 0.269 e. The minimum Gasteiger partial charge on any atom is -0.394 e. The van der Waals surface area contributed by atoms with Gasteiger partial charge in [0, 0.05) is 19.2 Å². The first-order valence-corrected chi connectivity index (χ1v) is 4.61. The summed E-state index contributed by atoms with van der Waals surface area (Å²) < 4.78 is 0. The monoisotopic (exact) mass is 224 g/mol. The molecular weight excluding hydrogens is 212 g/mol. The Kier molecular flexibility index (Phi) is 4.34. The van der Waals surface area contributed by atoms with E-state index in [2.05, 4.69) is 10.3 Å². The lowest BCUT2D eigenvalue weighted by molar-refractivity contribution is -0.384. The molecule has 1 aromatic rings. The number of nitro benzene ring substituents is 1. The number of aliphatic hydroxyl groups is 1. The second-order valence-electron chi connectivity index (χ2n) is 3.07. The molecule has 0 heterocycles. The zero-order chi connectivity index (χ0) is 12.0. The van der Waals surface area contributed by atoms with Crippen LogP contribution in [0, 0.1) is 10.1 Å². The second-order valence-corrected chi connectivity index (χ2v) is 3.07. The molecule has 0 radical (unpaired) electrons. The van der Waals surface area contributed by atoms with Crippen molar-refractivity contribution in [3.8, 4) is 0 Å². The molecule has 7 nitrogen and oxygen atoms in total. The van der Waals surface area contributed by atoms with Gasteiger partial charge in [0.1, 0.15) is 0 Å². The summed E-state index contributed by atoms with van der Waals surface area (Å²) in [4.78, 5) is 9.91. The number of benzene rings is 1. The van der Waals surface area contributed by atoms with Gasteiger partial charge in [-0.1, -0.05) is 5.22 Å². The van der Waals surface area contributed by atoms with E-state index in [1.54, 1.807) is 7.05 Å². The minimum absolute atomic E-state index is 0.00419. The summed E-state index contributed by atoms with van der Waals surface area (Å²) in [6, 6.07) is 5.74. The number of nitrogens with zero attached hydrogens (tertiary/aromatic N) is 4. The van der Waals surface area contributed by atoms with Gasteiger partial charge in [0.15, 0.2) is 0 Å². The third-order valence-electron chi connectivity index (χ3n) is 1.80. The number of aliphatic hydroxyl groups excluding tert-OH is 1. The zero-order valence-electron chi connectivity index (χ0n) is 8.78. The summed E-state index contributed by atoms with van der Waals surface area (Å²) in [7, 11) is 1.67. The van der Waals surface area contributed by atoms with Crippen LogP contribution in [-0.4, -0.2) is 35.2 Å². The summed E-state index contributed by atoms with van der Waals surface area (Å²) in [6.45, 7) is 0.381. The van der Waals surface area contributed by atoms with E-state index in [0.29, 0.717) is 12.2 Å². The SMILES string of the molecule is CN(CCO)N=Nc1ccc([N+](=O)[O-])cc1. The Morgan fingerprint density at radius 2 is 2.06 bits per heavy atom. The summed E-state index contributed by atoms with van der Waals surface area (Å²) in [5.74, 6) is 0. The number of hydrogen-bond donors (Lipinski definition) is 1. The summed E-state index contributed by atoms with van der Waals surface area (Å²) in [6.07, 6.45) is 0. The van der Waals surface area contributed by atoms with Crippen molar-refractivity contribution < 1.29 is 10.0 Å². The smallest absolute Gasteiger partial charge is 0.269 e. The molecule has 0 spiro atoms. The molecule has 0 amide bonds. The van der Waals surface area contributed by atoms with Gasteiger partial charge in [-0.25, -0.2) is 0 Å². The molecule has 0 saturated carbocycles. The Balaban J connectivity index is 2.64. The van der Waals surface area contributed by atoms with Crippen LogP contribution in [0.2, 0.25) is 0 Å².